The molecule has 0 spiro atoms. The molecule has 0 atom stereocenters. The second kappa shape index (κ2) is 7.00. The minimum Gasteiger partial charge on any atom is -0.333 e. The summed E-state index contributed by atoms with van der Waals surface area (Å²) >= 11 is 0. The Morgan fingerprint density at radius 2 is 2.04 bits per heavy atom. The van der Waals surface area contributed by atoms with Crippen LogP contribution in [0.15, 0.2) is 35.4 Å². The van der Waals surface area contributed by atoms with Gasteiger partial charge in [-0.05, 0) is 24.5 Å². The summed E-state index contributed by atoms with van der Waals surface area (Å²) in [6.45, 7) is 5.00. The largest absolute Gasteiger partial charge is 0.333 e. The molecule has 2 rings (SSSR count). The summed E-state index contributed by atoms with van der Waals surface area (Å²) in [5.41, 5.74) is -0.115. The molecule has 0 saturated carbocycles. The van der Waals surface area contributed by atoms with E-state index in [1.807, 2.05) is 0 Å². The Bertz CT molecular complexity index is 843. The van der Waals surface area contributed by atoms with Gasteiger partial charge >= 0.3 is 0 Å². The van der Waals surface area contributed by atoms with Crippen LogP contribution in [0.1, 0.15) is 20.3 Å². The lowest BCUT2D eigenvalue weighted by atomic mass is 10.1. The van der Waals surface area contributed by atoms with Gasteiger partial charge in [0, 0.05) is 31.1 Å². The third-order valence-corrected chi connectivity index (χ3v) is 4.54. The summed E-state index contributed by atoms with van der Waals surface area (Å²) < 4.78 is 24.9. The average Bonchev–Trinajstić information content (AvgIpc) is 2.91. The van der Waals surface area contributed by atoms with Crippen molar-refractivity contribution in [2.75, 3.05) is 11.6 Å². The minimum atomic E-state index is -3.51. The van der Waals surface area contributed by atoms with Crippen molar-refractivity contribution in [1.82, 2.24) is 9.78 Å². The fourth-order valence-corrected chi connectivity index (χ4v) is 2.72. The summed E-state index contributed by atoms with van der Waals surface area (Å²) in [6.07, 6.45) is 3.78. The predicted octanol–water partition coefficient (Wildman–Crippen LogP) is 2.98. The van der Waals surface area contributed by atoms with E-state index in [1.54, 1.807) is 16.9 Å². The number of anilines is 2. The molecule has 24 heavy (non-hydrogen) atoms. The van der Waals surface area contributed by atoms with Gasteiger partial charge in [0.25, 0.3) is 5.69 Å². The van der Waals surface area contributed by atoms with Crippen LogP contribution in [0, 0.1) is 16.0 Å². The zero-order valence-electron chi connectivity index (χ0n) is 13.8. The molecule has 0 aliphatic carbocycles. The number of aryl methyl sites for hydroxylation is 1. The number of rotatable bonds is 7. The molecule has 0 saturated heterocycles. The minimum absolute atomic E-state index is 0.0952. The van der Waals surface area contributed by atoms with Crippen molar-refractivity contribution >= 4 is 27.0 Å². The van der Waals surface area contributed by atoms with E-state index < -0.39 is 14.8 Å². The van der Waals surface area contributed by atoms with E-state index in [0.717, 1.165) is 25.3 Å². The summed E-state index contributed by atoms with van der Waals surface area (Å²) in [6, 6.07) is 5.48. The number of benzene rings is 1. The van der Waals surface area contributed by atoms with Crippen molar-refractivity contribution < 1.29 is 13.3 Å². The second-order valence-corrected chi connectivity index (χ2v) is 8.00. The molecule has 0 aliphatic heterocycles. The van der Waals surface area contributed by atoms with Crippen molar-refractivity contribution in [2.24, 2.45) is 5.92 Å². The quantitative estimate of drug-likeness (QED) is 0.606. The van der Waals surface area contributed by atoms with Crippen LogP contribution in [0.2, 0.25) is 0 Å². The van der Waals surface area contributed by atoms with Gasteiger partial charge in [0.1, 0.15) is 5.69 Å². The molecule has 8 nitrogen and oxygen atoms in total. The lowest BCUT2D eigenvalue weighted by Gasteiger charge is -2.07. The van der Waals surface area contributed by atoms with E-state index in [0.29, 0.717) is 11.7 Å². The third-order valence-electron chi connectivity index (χ3n) is 3.43. The highest BCUT2D eigenvalue weighted by atomic mass is 32.2. The third kappa shape index (κ3) is 4.54. The van der Waals surface area contributed by atoms with Gasteiger partial charge in [-0.3, -0.25) is 14.8 Å². The van der Waals surface area contributed by atoms with Crippen molar-refractivity contribution in [3.8, 4) is 0 Å². The summed E-state index contributed by atoms with van der Waals surface area (Å²) in [5.74, 6) is 1.02. The Morgan fingerprint density at radius 1 is 1.33 bits per heavy atom. The molecule has 1 aromatic carbocycles. The number of nitrogens with one attached hydrogen (secondary N) is 1. The van der Waals surface area contributed by atoms with Crippen LogP contribution < -0.4 is 5.32 Å². The summed E-state index contributed by atoms with van der Waals surface area (Å²) in [5, 5.41) is 18.4. The number of hydrogen-bond donors (Lipinski definition) is 1. The van der Waals surface area contributed by atoms with E-state index in [1.165, 1.54) is 12.1 Å². The van der Waals surface area contributed by atoms with Crippen LogP contribution in [0.5, 0.6) is 0 Å². The topological polar surface area (TPSA) is 107 Å². The molecular formula is C15H20N4O4S. The van der Waals surface area contributed by atoms with Crippen molar-refractivity contribution in [3.05, 3.63) is 40.6 Å². The SMILES string of the molecule is CC(C)CCn1ccc(Nc2ccc(S(C)(=O)=O)cc2[N+](=O)[O-])n1. The van der Waals surface area contributed by atoms with Crippen LogP contribution in [0.4, 0.5) is 17.2 Å². The number of hydrogen-bond acceptors (Lipinski definition) is 6. The smallest absolute Gasteiger partial charge is 0.294 e. The van der Waals surface area contributed by atoms with Gasteiger partial charge in [-0.25, -0.2) is 8.42 Å². The normalized spacial score (nSPS) is 11.7. The predicted molar refractivity (Wildman–Crippen MR) is 91.2 cm³/mol. The Hall–Kier alpha value is -2.42. The van der Waals surface area contributed by atoms with Crippen molar-refractivity contribution in [3.63, 3.8) is 0 Å². The molecular weight excluding hydrogens is 332 g/mol. The summed E-state index contributed by atoms with van der Waals surface area (Å²) in [7, 11) is -3.51. The number of aromatic nitrogens is 2. The van der Waals surface area contributed by atoms with E-state index in [-0.39, 0.29) is 16.3 Å². The van der Waals surface area contributed by atoms with Crippen molar-refractivity contribution in [1.29, 1.82) is 0 Å². The maximum atomic E-state index is 11.5. The van der Waals surface area contributed by atoms with Crippen LogP contribution >= 0.6 is 0 Å². The molecule has 130 valence electrons. The Morgan fingerprint density at radius 3 is 2.62 bits per heavy atom. The van der Waals surface area contributed by atoms with Crippen LogP contribution in [-0.2, 0) is 16.4 Å². The lowest BCUT2D eigenvalue weighted by Crippen LogP contribution is -2.04. The molecule has 1 aromatic heterocycles. The molecule has 0 amide bonds. The van der Waals surface area contributed by atoms with Crippen LogP contribution in [-0.4, -0.2) is 29.4 Å². The first kappa shape index (κ1) is 17.9. The molecule has 2 aromatic rings. The highest BCUT2D eigenvalue weighted by molar-refractivity contribution is 7.90. The van der Waals surface area contributed by atoms with Gasteiger partial charge in [0.05, 0.1) is 9.82 Å². The molecule has 1 heterocycles. The number of nitro benzene ring substituents is 1. The van der Waals surface area contributed by atoms with E-state index in [9.17, 15) is 18.5 Å². The molecule has 9 heteroatoms. The number of sulfone groups is 1. The van der Waals surface area contributed by atoms with Gasteiger partial charge in [0.2, 0.25) is 0 Å². The van der Waals surface area contributed by atoms with E-state index >= 15 is 0 Å². The van der Waals surface area contributed by atoms with Gasteiger partial charge in [-0.15, -0.1) is 0 Å². The molecule has 0 aliphatic rings. The number of nitro groups is 1. The average molecular weight is 352 g/mol. The highest BCUT2D eigenvalue weighted by Crippen LogP contribution is 2.29. The van der Waals surface area contributed by atoms with Crippen LogP contribution in [0.3, 0.4) is 0 Å². The zero-order valence-corrected chi connectivity index (χ0v) is 14.6. The van der Waals surface area contributed by atoms with E-state index in [2.05, 4.69) is 24.3 Å². The van der Waals surface area contributed by atoms with Gasteiger partial charge < -0.3 is 5.32 Å². The Kier molecular flexibility index (Phi) is 5.23. The second-order valence-electron chi connectivity index (χ2n) is 5.98. The molecule has 0 fully saturated rings. The molecule has 1 N–H and O–H groups in total. The maximum Gasteiger partial charge on any atom is 0.294 e. The standard InChI is InChI=1S/C15H20N4O4S/c1-11(2)6-8-18-9-7-15(17-18)16-13-5-4-12(24(3,22)23)10-14(13)19(20)21/h4-5,7,9-11H,6,8H2,1-3H3,(H,16,17). The van der Waals surface area contributed by atoms with Gasteiger partial charge in [-0.2, -0.15) is 5.10 Å². The van der Waals surface area contributed by atoms with Gasteiger partial charge in [0.15, 0.2) is 15.7 Å². The van der Waals surface area contributed by atoms with Crippen LogP contribution in [0.25, 0.3) is 0 Å². The Balaban J connectivity index is 2.25. The first-order valence-electron chi connectivity index (χ1n) is 7.46. The zero-order chi connectivity index (χ0) is 17.9. The Labute approximate surface area is 140 Å². The van der Waals surface area contributed by atoms with Crippen molar-refractivity contribution in [2.45, 2.75) is 31.7 Å². The first-order chi connectivity index (χ1) is 11.2. The lowest BCUT2D eigenvalue weighted by molar-refractivity contribution is -0.384. The van der Waals surface area contributed by atoms with E-state index in [4.69, 9.17) is 0 Å². The monoisotopic (exact) mass is 352 g/mol. The van der Waals surface area contributed by atoms with Gasteiger partial charge in [-0.1, -0.05) is 13.8 Å². The fraction of sp³-hybridized carbons (Fsp3) is 0.400. The maximum absolute atomic E-state index is 11.5. The fourth-order valence-electron chi connectivity index (χ4n) is 2.08. The summed E-state index contributed by atoms with van der Waals surface area (Å²) in [4.78, 5) is 10.5. The number of nitrogens with zero attached hydrogens (tertiary/aromatic N) is 3. The first-order valence-corrected chi connectivity index (χ1v) is 9.35. The molecule has 0 bridgehead atoms. The molecule has 0 radical (unpaired) electrons. The highest BCUT2D eigenvalue weighted by Gasteiger charge is 2.19. The molecule has 0 unspecified atom stereocenters.